The van der Waals surface area contributed by atoms with Crippen LogP contribution < -0.4 is 5.73 Å². The second kappa shape index (κ2) is 8.84. The molecule has 6 heteroatoms. The van der Waals surface area contributed by atoms with Crippen LogP contribution in [-0.4, -0.2) is 38.4 Å². The van der Waals surface area contributed by atoms with Gasteiger partial charge in [-0.05, 0) is 80.0 Å². The predicted octanol–water partition coefficient (Wildman–Crippen LogP) is 4.22. The zero-order chi connectivity index (χ0) is 19.9. The van der Waals surface area contributed by atoms with Crippen molar-refractivity contribution in [1.29, 1.82) is 0 Å². The molecule has 0 bridgehead atoms. The number of carbonyl (C=O) groups is 1. The van der Waals surface area contributed by atoms with E-state index in [-0.39, 0.29) is 17.8 Å². The first-order valence-corrected chi connectivity index (χ1v) is 11.3. The van der Waals surface area contributed by atoms with Gasteiger partial charge >= 0.3 is 0 Å². The number of nitrogens with two attached hydrogens (primary N) is 1. The molecule has 0 amide bonds. The number of ketones is 1. The van der Waals surface area contributed by atoms with Crippen LogP contribution in [0.25, 0.3) is 0 Å². The molecule has 5 nitrogen and oxygen atoms in total. The third-order valence-corrected chi connectivity index (χ3v) is 9.17. The smallest absolute Gasteiger partial charge is 0.139 e. The van der Waals surface area contributed by atoms with Gasteiger partial charge in [0.2, 0.25) is 0 Å². The number of hydrogen-bond donors (Lipinski definition) is 1. The number of fused-ring (bicyclic) bond motifs is 5. The number of carbonyl (C=O) groups excluding carboxylic acids is 1. The fraction of sp³-hybridized carbons (Fsp3) is 0.913. The fourth-order valence-electron chi connectivity index (χ4n) is 7.66. The molecule has 0 spiro atoms. The molecule has 29 heavy (non-hydrogen) atoms. The van der Waals surface area contributed by atoms with Crippen molar-refractivity contribution in [3.05, 3.63) is 0 Å². The minimum Gasteiger partial charge on any atom is -0.395 e. The number of methoxy groups -OCH3 is 1. The third-order valence-electron chi connectivity index (χ3n) is 9.17. The number of halogens is 1. The summed E-state index contributed by atoms with van der Waals surface area (Å²) in [6, 6.07) is 0. The normalized spacial score (nSPS) is 45.2. The standard InChI is InChI=1S/C23H38N2O3.ClH/c1-22-8-6-17(25-28-11-10-24)13-16(22)12-15(14-27-3)21-18-4-5-20(26)23(18,2)9-7-19(21)22;/h15-16,18-19,21H,4-14,24H2,1-3H3;1H/t15?,16?,18-,19+,21-,22-,23-;/m0./s1. The molecule has 4 fully saturated rings. The number of hydrogen-bond acceptors (Lipinski definition) is 5. The highest BCUT2D eigenvalue weighted by Crippen LogP contribution is 2.66. The van der Waals surface area contributed by atoms with Crippen molar-refractivity contribution in [2.24, 2.45) is 51.3 Å². The Morgan fingerprint density at radius 2 is 1.97 bits per heavy atom. The quantitative estimate of drug-likeness (QED) is 0.527. The van der Waals surface area contributed by atoms with E-state index in [0.717, 1.165) is 38.7 Å². The molecule has 7 atom stereocenters. The van der Waals surface area contributed by atoms with Crippen molar-refractivity contribution in [2.45, 2.75) is 65.2 Å². The van der Waals surface area contributed by atoms with Crippen LogP contribution in [0, 0.1) is 40.4 Å². The van der Waals surface area contributed by atoms with Gasteiger partial charge in [0, 0.05) is 32.1 Å². The second-order valence-corrected chi connectivity index (χ2v) is 10.3. The van der Waals surface area contributed by atoms with Crippen LogP contribution in [0.4, 0.5) is 0 Å². The Morgan fingerprint density at radius 3 is 2.69 bits per heavy atom. The summed E-state index contributed by atoms with van der Waals surface area (Å²) in [6.07, 6.45) is 8.65. The Morgan fingerprint density at radius 1 is 1.17 bits per heavy atom. The molecule has 0 aliphatic heterocycles. The summed E-state index contributed by atoms with van der Waals surface area (Å²) >= 11 is 0. The Balaban J connectivity index is 0.00000240. The predicted molar refractivity (Wildman–Crippen MR) is 117 cm³/mol. The summed E-state index contributed by atoms with van der Waals surface area (Å²) in [5.74, 6) is 3.63. The van der Waals surface area contributed by atoms with Gasteiger partial charge in [-0.2, -0.15) is 0 Å². The number of rotatable bonds is 5. The highest BCUT2D eigenvalue weighted by Gasteiger charge is 2.62. The number of nitrogens with zero attached hydrogens (tertiary/aromatic N) is 1. The van der Waals surface area contributed by atoms with E-state index >= 15 is 0 Å². The molecule has 0 radical (unpaired) electrons. The highest BCUT2D eigenvalue weighted by molar-refractivity contribution is 5.87. The monoisotopic (exact) mass is 426 g/mol. The Bertz CT molecular complexity index is 642. The molecule has 4 saturated carbocycles. The van der Waals surface area contributed by atoms with Crippen molar-refractivity contribution < 1.29 is 14.4 Å². The van der Waals surface area contributed by atoms with Gasteiger partial charge in [0.15, 0.2) is 0 Å². The SMILES string of the molecule is COCC1CC2CC(=NOCCN)CC[C@]2(C)[C@@H]2CC[C@]3(C)C(=O)CC[C@H]3[C@H]12.Cl. The summed E-state index contributed by atoms with van der Waals surface area (Å²) in [6.45, 7) is 6.63. The summed E-state index contributed by atoms with van der Waals surface area (Å²) in [5.41, 5.74) is 7.02. The molecule has 4 rings (SSSR count). The van der Waals surface area contributed by atoms with Crippen molar-refractivity contribution in [3.8, 4) is 0 Å². The molecule has 0 aromatic heterocycles. The summed E-state index contributed by atoms with van der Waals surface area (Å²) in [5, 5.41) is 4.41. The number of Topliss-reactive ketones (excluding diaryl/α,β-unsaturated/α-hetero) is 1. The van der Waals surface area contributed by atoms with Gasteiger partial charge in [0.1, 0.15) is 12.4 Å². The molecular weight excluding hydrogens is 388 g/mol. The highest BCUT2D eigenvalue weighted by atomic mass is 35.5. The Hall–Kier alpha value is -0.650. The summed E-state index contributed by atoms with van der Waals surface area (Å²) in [7, 11) is 1.83. The van der Waals surface area contributed by atoms with Gasteiger partial charge in [-0.3, -0.25) is 4.79 Å². The molecule has 2 N–H and O–H groups in total. The molecule has 0 aromatic rings. The lowest BCUT2D eigenvalue weighted by atomic mass is 9.43. The van der Waals surface area contributed by atoms with Gasteiger partial charge in [-0.25, -0.2) is 0 Å². The zero-order valence-electron chi connectivity index (χ0n) is 18.3. The maximum absolute atomic E-state index is 12.7. The first-order chi connectivity index (χ1) is 13.4. The molecular formula is C23H39ClN2O3. The van der Waals surface area contributed by atoms with Crippen LogP contribution in [-0.2, 0) is 14.4 Å². The lowest BCUT2D eigenvalue weighted by Gasteiger charge is -2.62. The number of ether oxygens (including phenoxy) is 1. The van der Waals surface area contributed by atoms with Crippen LogP contribution in [0.3, 0.4) is 0 Å². The minimum atomic E-state index is -0.0757. The maximum Gasteiger partial charge on any atom is 0.139 e. The largest absolute Gasteiger partial charge is 0.395 e. The second-order valence-electron chi connectivity index (χ2n) is 10.3. The molecule has 0 saturated heterocycles. The maximum atomic E-state index is 12.7. The van der Waals surface area contributed by atoms with Gasteiger partial charge in [-0.1, -0.05) is 19.0 Å². The van der Waals surface area contributed by atoms with Crippen molar-refractivity contribution >= 4 is 23.9 Å². The zero-order valence-corrected chi connectivity index (χ0v) is 19.1. The first-order valence-electron chi connectivity index (χ1n) is 11.3. The lowest BCUT2D eigenvalue weighted by molar-refractivity contribution is -0.149. The van der Waals surface area contributed by atoms with E-state index in [2.05, 4.69) is 19.0 Å². The van der Waals surface area contributed by atoms with Gasteiger partial charge < -0.3 is 15.3 Å². The van der Waals surface area contributed by atoms with E-state index in [1.54, 1.807) is 0 Å². The van der Waals surface area contributed by atoms with Crippen LogP contribution in [0.1, 0.15) is 65.2 Å². The van der Waals surface area contributed by atoms with Gasteiger partial charge in [0.05, 0.1) is 5.71 Å². The molecule has 4 aliphatic rings. The lowest BCUT2D eigenvalue weighted by Crippen LogP contribution is -2.57. The molecule has 0 heterocycles. The van der Waals surface area contributed by atoms with Crippen molar-refractivity contribution in [2.75, 3.05) is 26.9 Å². The minimum absolute atomic E-state index is 0. The summed E-state index contributed by atoms with van der Waals surface area (Å²) < 4.78 is 5.70. The van der Waals surface area contributed by atoms with E-state index < -0.39 is 0 Å². The Labute approximate surface area is 181 Å². The van der Waals surface area contributed by atoms with Crippen LogP contribution >= 0.6 is 12.4 Å². The van der Waals surface area contributed by atoms with E-state index in [9.17, 15) is 4.79 Å². The first kappa shape index (κ1) is 23.0. The molecule has 0 aromatic carbocycles. The molecule has 2 unspecified atom stereocenters. The van der Waals surface area contributed by atoms with Crippen LogP contribution in [0.15, 0.2) is 5.16 Å². The molecule has 4 aliphatic carbocycles. The van der Waals surface area contributed by atoms with Crippen molar-refractivity contribution in [1.82, 2.24) is 0 Å². The van der Waals surface area contributed by atoms with Crippen molar-refractivity contribution in [3.63, 3.8) is 0 Å². The fourth-order valence-corrected chi connectivity index (χ4v) is 7.66. The average Bonchev–Trinajstić information content (AvgIpc) is 2.98. The van der Waals surface area contributed by atoms with E-state index in [4.69, 9.17) is 15.3 Å². The molecule has 166 valence electrons. The third kappa shape index (κ3) is 3.76. The van der Waals surface area contributed by atoms with E-state index in [0.29, 0.717) is 53.9 Å². The Kier molecular flexibility index (Phi) is 7.02. The van der Waals surface area contributed by atoms with Crippen LogP contribution in [0.5, 0.6) is 0 Å². The van der Waals surface area contributed by atoms with E-state index in [1.165, 1.54) is 25.0 Å². The van der Waals surface area contributed by atoms with E-state index in [1.807, 2.05) is 7.11 Å². The average molecular weight is 427 g/mol. The summed E-state index contributed by atoms with van der Waals surface area (Å²) in [4.78, 5) is 18.1. The van der Waals surface area contributed by atoms with Gasteiger partial charge in [-0.15, -0.1) is 12.4 Å². The number of oxime groups is 1. The topological polar surface area (TPSA) is 73.9 Å². The van der Waals surface area contributed by atoms with Crippen LogP contribution in [0.2, 0.25) is 0 Å². The van der Waals surface area contributed by atoms with Gasteiger partial charge in [0.25, 0.3) is 0 Å².